The second-order valence-corrected chi connectivity index (χ2v) is 6.04. The van der Waals surface area contributed by atoms with Gasteiger partial charge in [0.1, 0.15) is 5.60 Å². The van der Waals surface area contributed by atoms with Crippen molar-refractivity contribution < 1.29 is 14.6 Å². The number of aliphatic hydroxyl groups is 1. The highest BCUT2D eigenvalue weighted by Crippen LogP contribution is 2.06. The van der Waals surface area contributed by atoms with E-state index in [0.717, 1.165) is 5.69 Å². The summed E-state index contributed by atoms with van der Waals surface area (Å²) in [6.07, 6.45) is 5.89. The van der Waals surface area contributed by atoms with Gasteiger partial charge in [-0.05, 0) is 27.2 Å². The van der Waals surface area contributed by atoms with Crippen LogP contribution in [0.3, 0.4) is 0 Å². The van der Waals surface area contributed by atoms with Crippen molar-refractivity contribution in [1.82, 2.24) is 25.6 Å². The monoisotopic (exact) mass is 325 g/mol. The highest BCUT2D eigenvalue weighted by atomic mass is 16.6. The van der Waals surface area contributed by atoms with Crippen LogP contribution in [0, 0.1) is 0 Å². The number of hydrogen-bond acceptors (Lipinski definition) is 6. The van der Waals surface area contributed by atoms with E-state index in [1.54, 1.807) is 4.68 Å². The first-order valence-electron chi connectivity index (χ1n) is 7.73. The molecule has 0 spiro atoms. The smallest absolute Gasteiger partial charge is 0.407 e. The molecule has 0 aromatic carbocycles. The number of nitrogens with one attached hydrogen (secondary N) is 2. The van der Waals surface area contributed by atoms with Crippen LogP contribution in [0.1, 0.15) is 32.9 Å². The Morgan fingerprint density at radius 3 is 2.83 bits per heavy atom. The van der Waals surface area contributed by atoms with Gasteiger partial charge in [0.25, 0.3) is 0 Å². The minimum atomic E-state index is -0.482. The van der Waals surface area contributed by atoms with E-state index in [4.69, 9.17) is 9.84 Å². The summed E-state index contributed by atoms with van der Waals surface area (Å²) in [7, 11) is 0. The summed E-state index contributed by atoms with van der Waals surface area (Å²) < 4.78 is 6.84. The van der Waals surface area contributed by atoms with Gasteiger partial charge in [-0.2, -0.15) is 0 Å². The summed E-state index contributed by atoms with van der Waals surface area (Å²) in [6, 6.07) is 0. The Kier molecular flexibility index (Phi) is 8.28. The summed E-state index contributed by atoms with van der Waals surface area (Å²) in [6.45, 7) is 8.00. The van der Waals surface area contributed by atoms with Gasteiger partial charge in [0.05, 0.1) is 5.69 Å². The number of alkyl carbamates (subject to hydrolysis) is 1. The summed E-state index contributed by atoms with van der Waals surface area (Å²) in [5.41, 5.74) is 0.368. The summed E-state index contributed by atoms with van der Waals surface area (Å²) in [5.74, 6) is 0. The zero-order chi connectivity index (χ0) is 17.1. The molecule has 0 saturated heterocycles. The van der Waals surface area contributed by atoms with Crippen LogP contribution in [0.4, 0.5) is 4.79 Å². The second-order valence-electron chi connectivity index (χ2n) is 6.04. The van der Waals surface area contributed by atoms with Crippen molar-refractivity contribution in [3.8, 4) is 0 Å². The average molecular weight is 325 g/mol. The summed E-state index contributed by atoms with van der Waals surface area (Å²) >= 11 is 0. The van der Waals surface area contributed by atoms with Crippen LogP contribution in [-0.2, 0) is 17.8 Å². The van der Waals surface area contributed by atoms with Gasteiger partial charge < -0.3 is 20.5 Å². The van der Waals surface area contributed by atoms with Gasteiger partial charge in [-0.25, -0.2) is 4.79 Å². The second kappa shape index (κ2) is 9.96. The van der Waals surface area contributed by atoms with Crippen LogP contribution >= 0.6 is 0 Å². The minimum Gasteiger partial charge on any atom is -0.444 e. The third kappa shape index (κ3) is 9.64. The van der Waals surface area contributed by atoms with E-state index in [2.05, 4.69) is 20.9 Å². The third-order valence-corrected chi connectivity index (χ3v) is 2.63. The molecule has 1 amide bonds. The van der Waals surface area contributed by atoms with Crippen LogP contribution in [0.2, 0.25) is 0 Å². The zero-order valence-corrected chi connectivity index (χ0v) is 14.1. The molecule has 0 aliphatic rings. The Morgan fingerprint density at radius 1 is 1.39 bits per heavy atom. The predicted octanol–water partition coefficient (Wildman–Crippen LogP) is 0.831. The van der Waals surface area contributed by atoms with E-state index in [1.807, 2.05) is 39.1 Å². The minimum absolute atomic E-state index is 0.148. The number of amides is 1. The molecule has 1 aromatic heterocycles. The van der Waals surface area contributed by atoms with Gasteiger partial charge in [-0.15, -0.1) is 5.10 Å². The molecule has 0 unspecified atom stereocenters. The molecule has 1 aromatic rings. The lowest BCUT2D eigenvalue weighted by Crippen LogP contribution is -2.32. The van der Waals surface area contributed by atoms with E-state index >= 15 is 0 Å². The molecule has 8 heteroatoms. The van der Waals surface area contributed by atoms with Gasteiger partial charge >= 0.3 is 6.09 Å². The molecule has 0 atom stereocenters. The Hall–Kier alpha value is -1.93. The number of carbonyl (C=O) groups excluding carboxylic acids is 1. The zero-order valence-electron chi connectivity index (χ0n) is 14.1. The van der Waals surface area contributed by atoms with Gasteiger partial charge in [-0.1, -0.05) is 17.4 Å². The number of nitrogens with zero attached hydrogens (tertiary/aromatic N) is 3. The summed E-state index contributed by atoms with van der Waals surface area (Å²) in [5, 5.41) is 22.6. The molecule has 0 fully saturated rings. The number of carbonyl (C=O) groups is 1. The molecule has 130 valence electrons. The standard InChI is InChI=1S/C15H27N5O3/c1-15(2,3)23-14(22)17-8-5-4-7-16-11-13-12-20(19-18-13)9-6-10-21/h4-5,12,16,21H,6-11H2,1-3H3,(H,17,22)/b5-4+. The number of rotatable bonds is 9. The van der Waals surface area contributed by atoms with Gasteiger partial charge in [0, 0.05) is 39.0 Å². The first-order chi connectivity index (χ1) is 10.9. The molecule has 0 radical (unpaired) electrons. The van der Waals surface area contributed by atoms with Gasteiger partial charge in [0.15, 0.2) is 0 Å². The van der Waals surface area contributed by atoms with E-state index in [1.165, 1.54) is 0 Å². The van der Waals surface area contributed by atoms with Crippen molar-refractivity contribution in [3.05, 3.63) is 24.0 Å². The van der Waals surface area contributed by atoms with Crippen molar-refractivity contribution in [2.24, 2.45) is 0 Å². The van der Waals surface area contributed by atoms with Crippen molar-refractivity contribution in [2.75, 3.05) is 19.7 Å². The number of aryl methyl sites for hydroxylation is 1. The Labute approximate surface area is 136 Å². The average Bonchev–Trinajstić information content (AvgIpc) is 2.90. The van der Waals surface area contributed by atoms with E-state index in [-0.39, 0.29) is 6.61 Å². The fourth-order valence-corrected chi connectivity index (χ4v) is 1.67. The van der Waals surface area contributed by atoms with E-state index in [0.29, 0.717) is 32.6 Å². The first kappa shape index (κ1) is 19.1. The molecule has 0 aliphatic heterocycles. The molecule has 1 rings (SSSR count). The molecule has 8 nitrogen and oxygen atoms in total. The number of hydrogen-bond donors (Lipinski definition) is 3. The summed E-state index contributed by atoms with van der Waals surface area (Å²) in [4.78, 5) is 11.4. The van der Waals surface area contributed by atoms with Crippen LogP contribution in [-0.4, -0.2) is 51.5 Å². The van der Waals surface area contributed by atoms with Gasteiger partial charge in [-0.3, -0.25) is 4.68 Å². The maximum absolute atomic E-state index is 11.4. The van der Waals surface area contributed by atoms with E-state index < -0.39 is 11.7 Å². The van der Waals surface area contributed by atoms with Gasteiger partial charge in [0.2, 0.25) is 0 Å². The van der Waals surface area contributed by atoms with Crippen molar-refractivity contribution >= 4 is 6.09 Å². The molecule has 0 bridgehead atoms. The Bertz CT molecular complexity index is 494. The lowest BCUT2D eigenvalue weighted by Gasteiger charge is -2.19. The molecule has 23 heavy (non-hydrogen) atoms. The van der Waals surface area contributed by atoms with Crippen LogP contribution in [0.25, 0.3) is 0 Å². The molecule has 3 N–H and O–H groups in total. The molecule has 1 heterocycles. The predicted molar refractivity (Wildman–Crippen MR) is 86.8 cm³/mol. The normalized spacial score (nSPS) is 11.8. The van der Waals surface area contributed by atoms with Crippen molar-refractivity contribution in [1.29, 1.82) is 0 Å². The Balaban J connectivity index is 2.10. The lowest BCUT2D eigenvalue weighted by molar-refractivity contribution is 0.0534. The largest absolute Gasteiger partial charge is 0.444 e. The SMILES string of the molecule is CC(C)(C)OC(=O)NC/C=C/CNCc1cn(CCCO)nn1. The first-order valence-corrected chi connectivity index (χ1v) is 7.73. The number of aromatic nitrogens is 3. The van der Waals surface area contributed by atoms with Crippen LogP contribution in [0.15, 0.2) is 18.3 Å². The topological polar surface area (TPSA) is 101 Å². The fraction of sp³-hybridized carbons (Fsp3) is 0.667. The maximum atomic E-state index is 11.4. The quantitative estimate of drug-likeness (QED) is 0.459. The maximum Gasteiger partial charge on any atom is 0.407 e. The van der Waals surface area contributed by atoms with Crippen LogP contribution < -0.4 is 10.6 Å². The fourth-order valence-electron chi connectivity index (χ4n) is 1.67. The highest BCUT2D eigenvalue weighted by Gasteiger charge is 2.14. The lowest BCUT2D eigenvalue weighted by atomic mass is 10.2. The Morgan fingerprint density at radius 2 is 2.13 bits per heavy atom. The van der Waals surface area contributed by atoms with Crippen LogP contribution in [0.5, 0.6) is 0 Å². The van der Waals surface area contributed by atoms with Crippen molar-refractivity contribution in [2.45, 2.75) is 45.9 Å². The molecule has 0 saturated carbocycles. The van der Waals surface area contributed by atoms with E-state index in [9.17, 15) is 4.79 Å². The number of ether oxygens (including phenoxy) is 1. The third-order valence-electron chi connectivity index (χ3n) is 2.63. The molecular weight excluding hydrogens is 298 g/mol. The highest BCUT2D eigenvalue weighted by molar-refractivity contribution is 5.67. The molecule has 0 aliphatic carbocycles. The van der Waals surface area contributed by atoms with Crippen molar-refractivity contribution in [3.63, 3.8) is 0 Å². The number of aliphatic hydroxyl groups excluding tert-OH is 1. The molecular formula is C15H27N5O3.